The van der Waals surface area contributed by atoms with Crippen LogP contribution in [0.4, 0.5) is 4.39 Å². The summed E-state index contributed by atoms with van der Waals surface area (Å²) in [7, 11) is 3.25. The van der Waals surface area contributed by atoms with Crippen molar-refractivity contribution in [2.45, 2.75) is 12.5 Å². The van der Waals surface area contributed by atoms with E-state index in [0.717, 1.165) is 28.8 Å². The number of halogens is 2. The summed E-state index contributed by atoms with van der Waals surface area (Å²) in [5.74, 6) is 1.21. The van der Waals surface area contributed by atoms with E-state index in [2.05, 4.69) is 21.2 Å². The van der Waals surface area contributed by atoms with Gasteiger partial charge in [-0.05, 0) is 35.9 Å². The smallest absolute Gasteiger partial charge is 0.161 e. The summed E-state index contributed by atoms with van der Waals surface area (Å²) in [6.07, 6.45) is 0.932. The van der Waals surface area contributed by atoms with Crippen molar-refractivity contribution in [1.82, 2.24) is 0 Å². The number of hydrogen-bond acceptors (Lipinski definition) is 2. The van der Waals surface area contributed by atoms with Crippen LogP contribution < -0.4 is 14.8 Å². The highest BCUT2D eigenvalue weighted by atomic mass is 79.9. The largest absolute Gasteiger partial charge is 0.493 e. The Morgan fingerprint density at radius 2 is 1.82 bits per heavy atom. The van der Waals surface area contributed by atoms with E-state index in [4.69, 9.17) is 9.47 Å². The quantitative estimate of drug-likeness (QED) is 0.906. The van der Waals surface area contributed by atoms with Crippen LogP contribution in [0.5, 0.6) is 11.5 Å². The molecule has 2 N–H and O–H groups in total. The zero-order chi connectivity index (χ0) is 15.7. The molecule has 0 aliphatic carbocycles. The third-order valence-electron chi connectivity index (χ3n) is 4.09. The van der Waals surface area contributed by atoms with Crippen molar-refractivity contribution >= 4 is 15.9 Å². The molecule has 116 valence electrons. The summed E-state index contributed by atoms with van der Waals surface area (Å²) in [6, 6.07) is 8.97. The van der Waals surface area contributed by atoms with Crippen molar-refractivity contribution in [3.05, 3.63) is 57.3 Å². The van der Waals surface area contributed by atoms with Crippen LogP contribution in [0, 0.1) is 5.82 Å². The molecule has 2 aromatic carbocycles. The molecule has 1 aliphatic rings. The third kappa shape index (κ3) is 2.71. The van der Waals surface area contributed by atoms with Crippen molar-refractivity contribution in [2.75, 3.05) is 20.8 Å². The molecule has 0 bridgehead atoms. The molecule has 0 radical (unpaired) electrons. The van der Waals surface area contributed by atoms with Crippen LogP contribution >= 0.6 is 15.9 Å². The molecule has 0 amide bonds. The molecule has 1 atom stereocenters. The number of hydrogen-bond donors (Lipinski definition) is 1. The van der Waals surface area contributed by atoms with Gasteiger partial charge in [-0.2, -0.15) is 0 Å². The third-order valence-corrected chi connectivity index (χ3v) is 4.58. The maximum absolute atomic E-state index is 14.3. The van der Waals surface area contributed by atoms with Crippen LogP contribution in [0.3, 0.4) is 0 Å². The van der Waals surface area contributed by atoms with Crippen LogP contribution in [-0.2, 0) is 6.42 Å². The van der Waals surface area contributed by atoms with Gasteiger partial charge in [0.1, 0.15) is 11.9 Å². The molecule has 0 unspecified atom stereocenters. The van der Waals surface area contributed by atoms with E-state index in [-0.39, 0.29) is 11.9 Å². The first-order valence-corrected chi connectivity index (χ1v) is 7.96. The first-order chi connectivity index (χ1) is 10.6. The van der Waals surface area contributed by atoms with E-state index in [1.165, 1.54) is 11.6 Å². The second-order valence-corrected chi connectivity index (χ2v) is 6.24. The Labute approximate surface area is 137 Å². The summed E-state index contributed by atoms with van der Waals surface area (Å²) in [5.41, 5.74) is 2.95. The molecule has 3 rings (SSSR count). The minimum Gasteiger partial charge on any atom is -0.493 e. The van der Waals surface area contributed by atoms with Gasteiger partial charge in [-0.1, -0.05) is 15.9 Å². The zero-order valence-corrected chi connectivity index (χ0v) is 14.1. The lowest BCUT2D eigenvalue weighted by Gasteiger charge is -2.26. The molecule has 0 aromatic heterocycles. The number of nitrogens with two attached hydrogens (primary N) is 1. The Hall–Kier alpha value is -1.59. The topological polar surface area (TPSA) is 35.1 Å². The van der Waals surface area contributed by atoms with Gasteiger partial charge in [-0.15, -0.1) is 0 Å². The molecule has 0 fully saturated rings. The highest BCUT2D eigenvalue weighted by Crippen LogP contribution is 2.36. The maximum Gasteiger partial charge on any atom is 0.161 e. The fourth-order valence-corrected chi connectivity index (χ4v) is 3.40. The molecule has 22 heavy (non-hydrogen) atoms. The summed E-state index contributed by atoms with van der Waals surface area (Å²) in [5, 5.41) is 2.17. The molecule has 5 heteroatoms. The van der Waals surface area contributed by atoms with Gasteiger partial charge in [0, 0.05) is 16.5 Å². The summed E-state index contributed by atoms with van der Waals surface area (Å²) in [6.45, 7) is 0.916. The molecule has 3 nitrogen and oxygen atoms in total. The van der Waals surface area contributed by atoms with Crippen LogP contribution in [0.1, 0.15) is 22.7 Å². The molecular weight excluding hydrogens is 349 g/mol. The Kier molecular flexibility index (Phi) is 4.36. The van der Waals surface area contributed by atoms with E-state index < -0.39 is 0 Å². The number of quaternary nitrogens is 1. The average molecular weight is 367 g/mol. The summed E-state index contributed by atoms with van der Waals surface area (Å²) in [4.78, 5) is 0. The van der Waals surface area contributed by atoms with Gasteiger partial charge >= 0.3 is 0 Å². The number of fused-ring (bicyclic) bond motifs is 1. The number of methoxy groups -OCH3 is 2. The molecule has 0 saturated carbocycles. The van der Waals surface area contributed by atoms with Crippen molar-refractivity contribution in [3.63, 3.8) is 0 Å². The Morgan fingerprint density at radius 1 is 1.09 bits per heavy atom. The standard InChI is InChI=1S/C17H17BrFNO2/c1-21-15-7-10-5-6-20-17(12(10)9-16(15)22-2)13-8-11(18)3-4-14(13)19/h3-4,7-9,17,20H,5-6H2,1-2H3/p+1/t17-/m1/s1. The molecule has 1 aliphatic heterocycles. The van der Waals surface area contributed by atoms with Crippen LogP contribution in [0.25, 0.3) is 0 Å². The molecule has 1 heterocycles. The first kappa shape index (κ1) is 15.3. The van der Waals surface area contributed by atoms with E-state index in [9.17, 15) is 4.39 Å². The maximum atomic E-state index is 14.3. The lowest BCUT2D eigenvalue weighted by Crippen LogP contribution is -2.87. The normalized spacial score (nSPS) is 17.0. The van der Waals surface area contributed by atoms with Gasteiger partial charge in [0.25, 0.3) is 0 Å². The van der Waals surface area contributed by atoms with Crippen LogP contribution in [0.2, 0.25) is 0 Å². The fourth-order valence-electron chi connectivity index (χ4n) is 3.02. The Balaban J connectivity index is 2.13. The van der Waals surface area contributed by atoms with Crippen molar-refractivity contribution < 1.29 is 19.2 Å². The molecular formula is C17H18BrFNO2+. The minimum atomic E-state index is -0.188. The Morgan fingerprint density at radius 3 is 2.55 bits per heavy atom. The average Bonchev–Trinajstić information content (AvgIpc) is 2.55. The van der Waals surface area contributed by atoms with E-state index in [0.29, 0.717) is 11.3 Å². The number of ether oxygens (including phenoxy) is 2. The van der Waals surface area contributed by atoms with Crippen molar-refractivity contribution in [1.29, 1.82) is 0 Å². The predicted octanol–water partition coefficient (Wildman–Crippen LogP) is 2.81. The molecule has 2 aromatic rings. The Bertz CT molecular complexity index is 705. The highest BCUT2D eigenvalue weighted by molar-refractivity contribution is 9.10. The summed E-state index contributed by atoms with van der Waals surface area (Å²) >= 11 is 3.43. The summed E-state index contributed by atoms with van der Waals surface area (Å²) < 4.78 is 25.9. The van der Waals surface area contributed by atoms with Gasteiger partial charge in [0.05, 0.1) is 26.3 Å². The van der Waals surface area contributed by atoms with E-state index >= 15 is 0 Å². The van der Waals surface area contributed by atoms with Gasteiger partial charge in [0.15, 0.2) is 11.5 Å². The van der Waals surface area contributed by atoms with Crippen LogP contribution in [-0.4, -0.2) is 20.8 Å². The SMILES string of the molecule is COc1cc2c(cc1OC)[C@H](c1cc(Br)ccc1F)[NH2+]CC2. The van der Waals surface area contributed by atoms with Crippen LogP contribution in [0.15, 0.2) is 34.8 Å². The second kappa shape index (κ2) is 6.26. The number of rotatable bonds is 3. The second-order valence-electron chi connectivity index (χ2n) is 5.32. The fraction of sp³-hybridized carbons (Fsp3) is 0.294. The molecule has 0 spiro atoms. The van der Waals surface area contributed by atoms with Gasteiger partial charge in [-0.3, -0.25) is 0 Å². The van der Waals surface area contributed by atoms with Gasteiger partial charge in [-0.25, -0.2) is 4.39 Å². The van der Waals surface area contributed by atoms with Gasteiger partial charge in [0.2, 0.25) is 0 Å². The lowest BCUT2D eigenvalue weighted by molar-refractivity contribution is -0.690. The lowest BCUT2D eigenvalue weighted by atomic mass is 9.89. The minimum absolute atomic E-state index is 0.0685. The van der Waals surface area contributed by atoms with Crippen molar-refractivity contribution in [2.24, 2.45) is 0 Å². The number of benzene rings is 2. The van der Waals surface area contributed by atoms with E-state index in [1.807, 2.05) is 18.2 Å². The van der Waals surface area contributed by atoms with E-state index in [1.54, 1.807) is 20.3 Å². The predicted molar refractivity (Wildman–Crippen MR) is 86.0 cm³/mol. The highest BCUT2D eigenvalue weighted by Gasteiger charge is 2.29. The first-order valence-electron chi connectivity index (χ1n) is 7.17. The molecule has 0 saturated heterocycles. The van der Waals surface area contributed by atoms with Crippen molar-refractivity contribution in [3.8, 4) is 11.5 Å². The zero-order valence-electron chi connectivity index (χ0n) is 12.5. The monoisotopic (exact) mass is 366 g/mol. The van der Waals surface area contributed by atoms with Gasteiger partial charge < -0.3 is 14.8 Å².